The summed E-state index contributed by atoms with van der Waals surface area (Å²) in [5.41, 5.74) is 0.752. The Labute approximate surface area is 116 Å². The van der Waals surface area contributed by atoms with Crippen LogP contribution in [0.25, 0.3) is 0 Å². The highest BCUT2D eigenvalue weighted by Gasteiger charge is 2.09. The van der Waals surface area contributed by atoms with Gasteiger partial charge in [-0.1, -0.05) is 17.7 Å². The smallest absolute Gasteiger partial charge is 0.165 e. The summed E-state index contributed by atoms with van der Waals surface area (Å²) in [6.07, 6.45) is 1.51. The van der Waals surface area contributed by atoms with Gasteiger partial charge in [-0.2, -0.15) is 5.10 Å². The summed E-state index contributed by atoms with van der Waals surface area (Å²) in [7, 11) is 0. The summed E-state index contributed by atoms with van der Waals surface area (Å²) >= 11 is 6.07. The van der Waals surface area contributed by atoms with Gasteiger partial charge in [0.05, 0.1) is 11.6 Å². The first-order chi connectivity index (χ1) is 9.11. The largest absolute Gasteiger partial charge is 0.484 e. The molecule has 0 amide bonds. The molecular weight excluding hydrogens is 266 g/mol. The Kier molecular flexibility index (Phi) is 4.39. The number of hydrogen-bond donors (Lipinski definition) is 1. The van der Waals surface area contributed by atoms with Crippen LogP contribution in [0.5, 0.6) is 5.75 Å². The molecule has 2 rings (SSSR count). The summed E-state index contributed by atoms with van der Waals surface area (Å²) in [5, 5.41) is 13.6. The zero-order valence-electron chi connectivity index (χ0n) is 10.9. The first-order valence-corrected chi connectivity index (χ1v) is 6.40. The van der Waals surface area contributed by atoms with Gasteiger partial charge in [-0.3, -0.25) is 0 Å². The third kappa shape index (κ3) is 3.24. The average Bonchev–Trinajstić information content (AvgIpc) is 2.85. The minimum Gasteiger partial charge on any atom is -0.484 e. The van der Waals surface area contributed by atoms with Crippen LogP contribution < -0.4 is 4.74 Å². The molecule has 0 fully saturated rings. The highest BCUT2D eigenvalue weighted by atomic mass is 35.5. The molecule has 6 heteroatoms. The molecule has 0 saturated heterocycles. The Morgan fingerprint density at radius 2 is 2.21 bits per heavy atom. The molecule has 1 N–H and O–H groups in total. The molecule has 0 atom stereocenters. The normalized spacial score (nSPS) is 11.0. The Bertz CT molecular complexity index is 555. The second-order valence-corrected chi connectivity index (χ2v) is 4.83. The molecule has 0 radical (unpaired) electrons. The third-order valence-electron chi connectivity index (χ3n) is 2.67. The third-order valence-corrected chi connectivity index (χ3v) is 2.97. The van der Waals surface area contributed by atoms with Crippen LogP contribution in [0.2, 0.25) is 5.02 Å². The van der Waals surface area contributed by atoms with E-state index in [-0.39, 0.29) is 12.6 Å². The lowest BCUT2D eigenvalue weighted by Crippen LogP contribution is -2.10. The van der Waals surface area contributed by atoms with Crippen LogP contribution in [0, 0.1) is 0 Å². The van der Waals surface area contributed by atoms with E-state index in [9.17, 15) is 0 Å². The molecule has 0 unspecified atom stereocenters. The van der Waals surface area contributed by atoms with Crippen molar-refractivity contribution in [3.05, 3.63) is 40.9 Å². The lowest BCUT2D eigenvalue weighted by Gasteiger charge is -2.11. The molecule has 0 bridgehead atoms. The SMILES string of the molecule is CC(C)n1ncnc1COc1ccc(CO)cc1Cl. The molecule has 1 aromatic carbocycles. The lowest BCUT2D eigenvalue weighted by atomic mass is 10.2. The maximum atomic E-state index is 9.01. The van der Waals surface area contributed by atoms with Crippen molar-refractivity contribution in [3.63, 3.8) is 0 Å². The summed E-state index contributed by atoms with van der Waals surface area (Å²) in [4.78, 5) is 4.16. The second kappa shape index (κ2) is 6.04. The van der Waals surface area contributed by atoms with E-state index in [4.69, 9.17) is 21.4 Å². The predicted molar refractivity (Wildman–Crippen MR) is 72.1 cm³/mol. The number of rotatable bonds is 5. The molecule has 5 nitrogen and oxygen atoms in total. The molecule has 2 aromatic rings. The van der Waals surface area contributed by atoms with E-state index in [1.807, 2.05) is 13.8 Å². The molecule has 0 saturated carbocycles. The maximum absolute atomic E-state index is 9.01. The van der Waals surface area contributed by atoms with Gasteiger partial charge in [0.25, 0.3) is 0 Å². The number of hydrogen-bond acceptors (Lipinski definition) is 4. The Hall–Kier alpha value is -1.59. The summed E-state index contributed by atoms with van der Waals surface area (Å²) in [6, 6.07) is 5.43. The molecule has 1 aromatic heterocycles. The number of aromatic nitrogens is 3. The van der Waals surface area contributed by atoms with Crippen LogP contribution >= 0.6 is 11.6 Å². The van der Waals surface area contributed by atoms with Crippen LogP contribution in [0.4, 0.5) is 0 Å². The van der Waals surface area contributed by atoms with Gasteiger partial charge in [0, 0.05) is 6.04 Å². The van der Waals surface area contributed by atoms with Crippen molar-refractivity contribution >= 4 is 11.6 Å². The van der Waals surface area contributed by atoms with Crippen molar-refractivity contribution in [3.8, 4) is 5.75 Å². The first kappa shape index (κ1) is 13.8. The number of halogens is 1. The zero-order valence-corrected chi connectivity index (χ0v) is 11.6. The van der Waals surface area contributed by atoms with Crippen molar-refractivity contribution in [1.82, 2.24) is 14.8 Å². The van der Waals surface area contributed by atoms with E-state index in [0.29, 0.717) is 17.4 Å². The molecule has 1 heterocycles. The topological polar surface area (TPSA) is 60.2 Å². The fourth-order valence-corrected chi connectivity index (χ4v) is 1.97. The highest BCUT2D eigenvalue weighted by Crippen LogP contribution is 2.26. The van der Waals surface area contributed by atoms with Gasteiger partial charge >= 0.3 is 0 Å². The Balaban J connectivity index is 2.08. The highest BCUT2D eigenvalue weighted by molar-refractivity contribution is 6.32. The van der Waals surface area contributed by atoms with Crippen LogP contribution in [-0.4, -0.2) is 19.9 Å². The van der Waals surface area contributed by atoms with Gasteiger partial charge < -0.3 is 9.84 Å². The Morgan fingerprint density at radius 1 is 1.42 bits per heavy atom. The lowest BCUT2D eigenvalue weighted by molar-refractivity contribution is 0.277. The standard InChI is InChI=1S/C13H16ClN3O2/c1-9(2)17-13(15-8-16-17)7-19-12-4-3-10(6-18)5-11(12)14/h3-5,8-9,18H,6-7H2,1-2H3. The first-order valence-electron chi connectivity index (χ1n) is 6.02. The molecular formula is C13H16ClN3O2. The Morgan fingerprint density at radius 3 is 2.84 bits per heavy atom. The van der Waals surface area contributed by atoms with Crippen molar-refractivity contribution in [2.24, 2.45) is 0 Å². The predicted octanol–water partition coefficient (Wildman–Crippen LogP) is 2.58. The van der Waals surface area contributed by atoms with Gasteiger partial charge in [-0.05, 0) is 31.5 Å². The number of benzene rings is 1. The van der Waals surface area contributed by atoms with Crippen LogP contribution in [0.3, 0.4) is 0 Å². The molecule has 0 spiro atoms. The van der Waals surface area contributed by atoms with E-state index in [2.05, 4.69) is 10.1 Å². The second-order valence-electron chi connectivity index (χ2n) is 4.43. The minimum absolute atomic E-state index is 0.0400. The number of aliphatic hydroxyl groups excluding tert-OH is 1. The number of nitrogens with zero attached hydrogens (tertiary/aromatic N) is 3. The van der Waals surface area contributed by atoms with E-state index in [1.165, 1.54) is 6.33 Å². The van der Waals surface area contributed by atoms with Crippen molar-refractivity contribution in [2.75, 3.05) is 0 Å². The van der Waals surface area contributed by atoms with Crippen molar-refractivity contribution in [1.29, 1.82) is 0 Å². The van der Waals surface area contributed by atoms with Gasteiger partial charge in [0.15, 0.2) is 5.82 Å². The summed E-state index contributed by atoms with van der Waals surface area (Å²) in [6.45, 7) is 4.32. The fraction of sp³-hybridized carbons (Fsp3) is 0.385. The monoisotopic (exact) mass is 281 g/mol. The van der Waals surface area contributed by atoms with Crippen molar-refractivity contribution in [2.45, 2.75) is 33.1 Å². The van der Waals surface area contributed by atoms with Gasteiger partial charge in [0.1, 0.15) is 18.7 Å². The average molecular weight is 282 g/mol. The van der Waals surface area contributed by atoms with Gasteiger partial charge in [-0.25, -0.2) is 9.67 Å². The molecule has 102 valence electrons. The quantitative estimate of drug-likeness (QED) is 0.915. The van der Waals surface area contributed by atoms with Crippen molar-refractivity contribution < 1.29 is 9.84 Å². The van der Waals surface area contributed by atoms with Gasteiger partial charge in [0.2, 0.25) is 0 Å². The van der Waals surface area contributed by atoms with Gasteiger partial charge in [-0.15, -0.1) is 0 Å². The van der Waals surface area contributed by atoms with E-state index >= 15 is 0 Å². The van der Waals surface area contributed by atoms with E-state index < -0.39 is 0 Å². The summed E-state index contributed by atoms with van der Waals surface area (Å²) < 4.78 is 7.44. The maximum Gasteiger partial charge on any atom is 0.165 e. The molecule has 0 aliphatic rings. The van der Waals surface area contributed by atoms with Crippen LogP contribution in [0.15, 0.2) is 24.5 Å². The molecule has 0 aliphatic heterocycles. The minimum atomic E-state index is -0.0400. The molecule has 0 aliphatic carbocycles. The fourth-order valence-electron chi connectivity index (χ4n) is 1.71. The van der Waals surface area contributed by atoms with Crippen LogP contribution in [-0.2, 0) is 13.2 Å². The number of aliphatic hydroxyl groups is 1. The van der Waals surface area contributed by atoms with E-state index in [0.717, 1.165) is 11.4 Å². The summed E-state index contributed by atoms with van der Waals surface area (Å²) in [5.74, 6) is 1.31. The zero-order chi connectivity index (χ0) is 13.8. The molecule has 19 heavy (non-hydrogen) atoms. The van der Waals surface area contributed by atoms with Crippen LogP contribution in [0.1, 0.15) is 31.3 Å². The number of ether oxygens (including phenoxy) is 1. The van der Waals surface area contributed by atoms with E-state index in [1.54, 1.807) is 22.9 Å².